The maximum Gasteiger partial charge on any atom is 0.223 e. The van der Waals surface area contributed by atoms with Crippen LogP contribution in [0.3, 0.4) is 0 Å². The number of benzene rings is 1. The van der Waals surface area contributed by atoms with Crippen molar-refractivity contribution in [1.29, 1.82) is 0 Å². The molecule has 0 saturated carbocycles. The van der Waals surface area contributed by atoms with Crippen LogP contribution in [-0.4, -0.2) is 35.6 Å². The van der Waals surface area contributed by atoms with E-state index in [4.69, 9.17) is 4.74 Å². The van der Waals surface area contributed by atoms with Crippen molar-refractivity contribution in [3.63, 3.8) is 0 Å². The highest BCUT2D eigenvalue weighted by Crippen LogP contribution is 2.23. The number of ether oxygens (including phenoxy) is 1. The van der Waals surface area contributed by atoms with Gasteiger partial charge in [-0.2, -0.15) is 0 Å². The van der Waals surface area contributed by atoms with Gasteiger partial charge < -0.3 is 15.0 Å². The van der Waals surface area contributed by atoms with Gasteiger partial charge in [0.1, 0.15) is 12.1 Å². The molecule has 6 heteroatoms. The van der Waals surface area contributed by atoms with Crippen molar-refractivity contribution in [1.82, 2.24) is 15.3 Å². The highest BCUT2D eigenvalue weighted by Gasteiger charge is 2.25. The highest BCUT2D eigenvalue weighted by atomic mass is 16.5. The van der Waals surface area contributed by atoms with E-state index in [0.717, 1.165) is 37.3 Å². The van der Waals surface area contributed by atoms with Gasteiger partial charge in [-0.1, -0.05) is 30.3 Å². The molecular formula is C19H24N4O2. The van der Waals surface area contributed by atoms with Crippen molar-refractivity contribution >= 4 is 11.7 Å². The van der Waals surface area contributed by atoms with Crippen LogP contribution in [0.4, 0.5) is 5.82 Å². The van der Waals surface area contributed by atoms with Gasteiger partial charge in [0.05, 0.1) is 6.61 Å². The number of amides is 1. The summed E-state index contributed by atoms with van der Waals surface area (Å²) in [6, 6.07) is 11.8. The molecule has 2 heterocycles. The summed E-state index contributed by atoms with van der Waals surface area (Å²) in [6.07, 6.45) is 3.18. The molecule has 1 aromatic carbocycles. The Hall–Kier alpha value is -2.63. The van der Waals surface area contributed by atoms with Crippen LogP contribution in [0.5, 0.6) is 5.88 Å². The van der Waals surface area contributed by atoms with Crippen LogP contribution in [0, 0.1) is 5.92 Å². The monoisotopic (exact) mass is 340 g/mol. The van der Waals surface area contributed by atoms with Crippen LogP contribution in [-0.2, 0) is 11.3 Å². The third-order valence-electron chi connectivity index (χ3n) is 4.42. The first kappa shape index (κ1) is 17.2. The summed E-state index contributed by atoms with van der Waals surface area (Å²) in [5, 5.41) is 3.05. The minimum Gasteiger partial charge on any atom is -0.478 e. The molecule has 3 rings (SSSR count). The van der Waals surface area contributed by atoms with Crippen LogP contribution in [0.1, 0.15) is 25.3 Å². The van der Waals surface area contributed by atoms with Gasteiger partial charge in [-0.25, -0.2) is 9.97 Å². The fraction of sp³-hybridized carbons (Fsp3) is 0.421. The Labute approximate surface area is 148 Å². The molecule has 2 aromatic rings. The maximum absolute atomic E-state index is 12.4. The lowest BCUT2D eigenvalue weighted by atomic mass is 9.96. The van der Waals surface area contributed by atoms with Gasteiger partial charge in [-0.15, -0.1) is 0 Å². The summed E-state index contributed by atoms with van der Waals surface area (Å²) in [5.74, 6) is 1.66. The van der Waals surface area contributed by atoms with E-state index in [0.29, 0.717) is 19.0 Å². The van der Waals surface area contributed by atoms with Gasteiger partial charge in [0.25, 0.3) is 0 Å². The summed E-state index contributed by atoms with van der Waals surface area (Å²) in [4.78, 5) is 23.0. The van der Waals surface area contributed by atoms with E-state index < -0.39 is 0 Å². The van der Waals surface area contributed by atoms with Gasteiger partial charge in [-0.3, -0.25) is 4.79 Å². The van der Waals surface area contributed by atoms with E-state index in [2.05, 4.69) is 20.2 Å². The van der Waals surface area contributed by atoms with E-state index in [1.165, 1.54) is 6.33 Å². The quantitative estimate of drug-likeness (QED) is 0.875. The van der Waals surface area contributed by atoms with Crippen LogP contribution < -0.4 is 15.0 Å². The SMILES string of the molecule is CCOc1cc(N2CCC(C(=O)NCc3ccccc3)CC2)ncn1. The third-order valence-corrected chi connectivity index (χ3v) is 4.42. The Balaban J connectivity index is 1.49. The zero-order chi connectivity index (χ0) is 17.5. The van der Waals surface area contributed by atoms with Gasteiger partial charge in [-0.05, 0) is 25.3 Å². The van der Waals surface area contributed by atoms with E-state index in [-0.39, 0.29) is 11.8 Å². The number of aromatic nitrogens is 2. The molecule has 6 nitrogen and oxygen atoms in total. The number of rotatable bonds is 6. The molecule has 1 N–H and O–H groups in total. The number of nitrogens with one attached hydrogen (secondary N) is 1. The molecule has 0 atom stereocenters. The molecule has 0 spiro atoms. The van der Waals surface area contributed by atoms with E-state index in [1.807, 2.05) is 43.3 Å². The second-order valence-electron chi connectivity index (χ2n) is 6.11. The highest BCUT2D eigenvalue weighted by molar-refractivity contribution is 5.79. The summed E-state index contributed by atoms with van der Waals surface area (Å²) >= 11 is 0. The van der Waals surface area contributed by atoms with E-state index in [9.17, 15) is 4.79 Å². The minimum absolute atomic E-state index is 0.0631. The third kappa shape index (κ3) is 4.68. The maximum atomic E-state index is 12.4. The minimum atomic E-state index is 0.0631. The summed E-state index contributed by atoms with van der Waals surface area (Å²) in [7, 11) is 0. The molecule has 1 amide bonds. The smallest absolute Gasteiger partial charge is 0.223 e. The van der Waals surface area contributed by atoms with E-state index >= 15 is 0 Å². The molecule has 1 aromatic heterocycles. The van der Waals surface area contributed by atoms with Crippen LogP contribution in [0.2, 0.25) is 0 Å². The molecule has 1 saturated heterocycles. The van der Waals surface area contributed by atoms with E-state index in [1.54, 1.807) is 0 Å². The van der Waals surface area contributed by atoms with Crippen LogP contribution in [0.15, 0.2) is 42.7 Å². The van der Waals surface area contributed by atoms with Crippen LogP contribution in [0.25, 0.3) is 0 Å². The number of hydrogen-bond donors (Lipinski definition) is 1. The summed E-state index contributed by atoms with van der Waals surface area (Å²) in [6.45, 7) is 4.73. The Morgan fingerprint density at radius 3 is 2.72 bits per heavy atom. The normalized spacial score (nSPS) is 15.0. The first-order valence-electron chi connectivity index (χ1n) is 8.77. The number of anilines is 1. The van der Waals surface area contributed by atoms with Crippen molar-refractivity contribution in [3.8, 4) is 5.88 Å². The van der Waals surface area contributed by atoms with Gasteiger partial charge in [0.15, 0.2) is 0 Å². The van der Waals surface area contributed by atoms with Crippen molar-refractivity contribution in [2.24, 2.45) is 5.92 Å². The Bertz CT molecular complexity index is 685. The van der Waals surface area contributed by atoms with Gasteiger partial charge in [0, 0.05) is 31.6 Å². The molecule has 0 aliphatic carbocycles. The standard InChI is InChI=1S/C19H24N4O2/c1-2-25-18-12-17(21-14-22-18)23-10-8-16(9-11-23)19(24)20-13-15-6-4-3-5-7-15/h3-7,12,14,16H,2,8-11,13H2,1H3,(H,20,24). The molecule has 0 bridgehead atoms. The van der Waals surface area contributed by atoms with Crippen LogP contribution >= 0.6 is 0 Å². The molecule has 0 unspecified atom stereocenters. The van der Waals surface area contributed by atoms with Crippen molar-refractivity contribution < 1.29 is 9.53 Å². The first-order valence-corrected chi connectivity index (χ1v) is 8.77. The summed E-state index contributed by atoms with van der Waals surface area (Å²) in [5.41, 5.74) is 1.12. The van der Waals surface area contributed by atoms with Crippen molar-refractivity contribution in [3.05, 3.63) is 48.3 Å². The largest absolute Gasteiger partial charge is 0.478 e. The molecule has 132 valence electrons. The van der Waals surface area contributed by atoms with Crippen molar-refractivity contribution in [2.75, 3.05) is 24.6 Å². The zero-order valence-corrected chi connectivity index (χ0v) is 14.5. The molecule has 1 aliphatic heterocycles. The number of carbonyl (C=O) groups excluding carboxylic acids is 1. The first-order chi connectivity index (χ1) is 12.3. The number of carbonyl (C=O) groups is 1. The average molecular weight is 340 g/mol. The molecular weight excluding hydrogens is 316 g/mol. The fourth-order valence-corrected chi connectivity index (χ4v) is 3.03. The fourth-order valence-electron chi connectivity index (χ4n) is 3.03. The molecule has 0 radical (unpaired) electrons. The Morgan fingerprint density at radius 1 is 1.24 bits per heavy atom. The second kappa shape index (κ2) is 8.46. The lowest BCUT2D eigenvalue weighted by Crippen LogP contribution is -2.40. The summed E-state index contributed by atoms with van der Waals surface area (Å²) < 4.78 is 5.43. The predicted molar refractivity (Wildman–Crippen MR) is 96.4 cm³/mol. The number of hydrogen-bond acceptors (Lipinski definition) is 5. The predicted octanol–water partition coefficient (Wildman–Crippen LogP) is 2.41. The molecule has 1 aliphatic rings. The molecule has 1 fully saturated rings. The number of nitrogens with zero attached hydrogens (tertiary/aromatic N) is 3. The topological polar surface area (TPSA) is 67.3 Å². The average Bonchev–Trinajstić information content (AvgIpc) is 2.67. The lowest BCUT2D eigenvalue weighted by molar-refractivity contribution is -0.125. The lowest BCUT2D eigenvalue weighted by Gasteiger charge is -2.32. The Kier molecular flexibility index (Phi) is 5.82. The van der Waals surface area contributed by atoms with Gasteiger partial charge in [0.2, 0.25) is 11.8 Å². The Morgan fingerprint density at radius 2 is 2.00 bits per heavy atom. The second-order valence-corrected chi connectivity index (χ2v) is 6.11. The molecule has 25 heavy (non-hydrogen) atoms. The zero-order valence-electron chi connectivity index (χ0n) is 14.5. The van der Waals surface area contributed by atoms with Gasteiger partial charge >= 0.3 is 0 Å². The number of piperidine rings is 1. The van der Waals surface area contributed by atoms with Crippen molar-refractivity contribution in [2.45, 2.75) is 26.3 Å².